The summed E-state index contributed by atoms with van der Waals surface area (Å²) in [6.07, 6.45) is 2.14. The van der Waals surface area contributed by atoms with E-state index >= 15 is 0 Å². The predicted molar refractivity (Wildman–Crippen MR) is 170 cm³/mol. The summed E-state index contributed by atoms with van der Waals surface area (Å²) in [7, 11) is 4.41. The largest absolute Gasteiger partial charge is 0.347 e. The van der Waals surface area contributed by atoms with Gasteiger partial charge in [0.15, 0.2) is 0 Å². The molecule has 0 unspecified atom stereocenters. The second-order valence-corrected chi connectivity index (χ2v) is 11.6. The standard InChI is InChI=1S/C38H32N2/c1-23-7-5-9-25(19-23)37-21-33-31-13-11-28-27(29(31)15-17-35(33)39(37)3)12-14-32-30(28)16-18-36-34(32)22-38(40(36)4)26-10-6-8-24(2)20-26/h5-15,17,19-22H,16,18H2,1-4H3. The van der Waals surface area contributed by atoms with E-state index in [-0.39, 0.29) is 0 Å². The van der Waals surface area contributed by atoms with Gasteiger partial charge >= 0.3 is 0 Å². The minimum atomic E-state index is 1.07. The highest BCUT2D eigenvalue weighted by atomic mass is 15.0. The van der Waals surface area contributed by atoms with Crippen molar-refractivity contribution >= 4 is 32.4 Å². The van der Waals surface area contributed by atoms with Crippen LogP contribution in [0.1, 0.15) is 22.4 Å². The Morgan fingerprint density at radius 3 is 1.82 bits per heavy atom. The van der Waals surface area contributed by atoms with E-state index in [0.29, 0.717) is 0 Å². The molecule has 0 atom stereocenters. The van der Waals surface area contributed by atoms with E-state index < -0.39 is 0 Å². The van der Waals surface area contributed by atoms with Crippen molar-refractivity contribution in [3.63, 3.8) is 0 Å². The van der Waals surface area contributed by atoms with E-state index in [2.05, 4.69) is 134 Å². The van der Waals surface area contributed by atoms with Crippen LogP contribution in [0.2, 0.25) is 0 Å². The van der Waals surface area contributed by atoms with Gasteiger partial charge in [0.05, 0.1) is 0 Å². The number of hydrogen-bond acceptors (Lipinski definition) is 0. The zero-order valence-electron chi connectivity index (χ0n) is 23.5. The Morgan fingerprint density at radius 2 is 1.10 bits per heavy atom. The van der Waals surface area contributed by atoms with Crippen LogP contribution >= 0.6 is 0 Å². The van der Waals surface area contributed by atoms with Gasteiger partial charge in [-0.15, -0.1) is 0 Å². The lowest BCUT2D eigenvalue weighted by Crippen LogP contribution is -2.07. The van der Waals surface area contributed by atoms with Crippen LogP contribution in [-0.4, -0.2) is 9.13 Å². The maximum atomic E-state index is 2.41. The molecule has 40 heavy (non-hydrogen) atoms. The van der Waals surface area contributed by atoms with Crippen LogP contribution in [0.3, 0.4) is 0 Å². The molecular formula is C38H32N2. The number of rotatable bonds is 2. The first-order chi connectivity index (χ1) is 19.5. The highest BCUT2D eigenvalue weighted by Gasteiger charge is 2.24. The third-order valence-electron chi connectivity index (χ3n) is 9.22. The third kappa shape index (κ3) is 3.29. The van der Waals surface area contributed by atoms with Crippen LogP contribution in [0, 0.1) is 13.8 Å². The van der Waals surface area contributed by atoms with E-state index in [4.69, 9.17) is 0 Å². The van der Waals surface area contributed by atoms with Gasteiger partial charge in [-0.1, -0.05) is 77.9 Å². The highest BCUT2D eigenvalue weighted by molar-refractivity contribution is 6.18. The smallest absolute Gasteiger partial charge is 0.0489 e. The zero-order chi connectivity index (χ0) is 27.1. The Kier molecular flexibility index (Phi) is 4.94. The molecule has 0 N–H and O–H groups in total. The molecule has 2 aromatic heterocycles. The van der Waals surface area contributed by atoms with Gasteiger partial charge in [-0.3, -0.25) is 0 Å². The van der Waals surface area contributed by atoms with Crippen LogP contribution in [0.5, 0.6) is 0 Å². The molecule has 0 saturated heterocycles. The van der Waals surface area contributed by atoms with Crippen molar-refractivity contribution in [1.29, 1.82) is 0 Å². The zero-order valence-corrected chi connectivity index (χ0v) is 23.5. The molecule has 0 spiro atoms. The van der Waals surface area contributed by atoms with Gasteiger partial charge in [0.1, 0.15) is 0 Å². The van der Waals surface area contributed by atoms with Crippen molar-refractivity contribution in [3.8, 4) is 33.6 Å². The molecule has 0 bridgehead atoms. The van der Waals surface area contributed by atoms with E-state index in [0.717, 1.165) is 12.8 Å². The van der Waals surface area contributed by atoms with Crippen LogP contribution < -0.4 is 0 Å². The summed E-state index contributed by atoms with van der Waals surface area (Å²) in [4.78, 5) is 0. The summed E-state index contributed by atoms with van der Waals surface area (Å²) >= 11 is 0. The number of aryl methyl sites for hydroxylation is 4. The Hall–Kier alpha value is -4.56. The lowest BCUT2D eigenvalue weighted by atomic mass is 9.85. The molecular weight excluding hydrogens is 484 g/mol. The molecule has 2 heteroatoms. The first-order valence-corrected chi connectivity index (χ1v) is 14.3. The molecule has 2 nitrogen and oxygen atoms in total. The van der Waals surface area contributed by atoms with Gasteiger partial charge in [0, 0.05) is 47.6 Å². The van der Waals surface area contributed by atoms with Crippen molar-refractivity contribution in [2.24, 2.45) is 14.1 Å². The molecule has 0 saturated carbocycles. The molecule has 1 aliphatic rings. The molecule has 0 aliphatic heterocycles. The second-order valence-electron chi connectivity index (χ2n) is 11.6. The fraction of sp³-hybridized carbons (Fsp3) is 0.158. The van der Waals surface area contributed by atoms with Crippen LogP contribution in [0.25, 0.3) is 66.1 Å². The van der Waals surface area contributed by atoms with Gasteiger partial charge in [-0.25, -0.2) is 0 Å². The molecule has 194 valence electrons. The van der Waals surface area contributed by atoms with E-state index in [1.165, 1.54) is 88.5 Å². The summed E-state index contributed by atoms with van der Waals surface area (Å²) in [5, 5.41) is 6.75. The first kappa shape index (κ1) is 23.3. The van der Waals surface area contributed by atoms with Gasteiger partial charge in [0.2, 0.25) is 0 Å². The van der Waals surface area contributed by atoms with Crippen molar-refractivity contribution in [1.82, 2.24) is 9.13 Å². The maximum absolute atomic E-state index is 2.41. The molecule has 1 aliphatic carbocycles. The third-order valence-corrected chi connectivity index (χ3v) is 9.22. The summed E-state index contributed by atoms with van der Waals surface area (Å²) in [6.45, 7) is 4.33. The maximum Gasteiger partial charge on any atom is 0.0489 e. The Morgan fingerprint density at radius 1 is 0.500 bits per heavy atom. The van der Waals surface area contributed by atoms with Crippen molar-refractivity contribution in [2.75, 3.05) is 0 Å². The number of hydrogen-bond donors (Lipinski definition) is 0. The fourth-order valence-corrected chi connectivity index (χ4v) is 7.21. The lowest BCUT2D eigenvalue weighted by molar-refractivity contribution is 0.801. The summed E-state index contributed by atoms with van der Waals surface area (Å²) in [5.41, 5.74) is 14.7. The molecule has 8 rings (SSSR count). The summed E-state index contributed by atoms with van der Waals surface area (Å²) in [6, 6.07) is 36.6. The Labute approximate surface area is 235 Å². The number of benzene rings is 5. The van der Waals surface area contributed by atoms with Crippen molar-refractivity contribution < 1.29 is 0 Å². The molecule has 0 fully saturated rings. The average Bonchev–Trinajstić information content (AvgIpc) is 3.49. The summed E-state index contributed by atoms with van der Waals surface area (Å²) in [5.74, 6) is 0. The minimum absolute atomic E-state index is 1.07. The van der Waals surface area contributed by atoms with E-state index in [1.807, 2.05) is 0 Å². The molecule has 0 amide bonds. The van der Waals surface area contributed by atoms with Crippen LogP contribution in [0.15, 0.2) is 97.1 Å². The van der Waals surface area contributed by atoms with Crippen molar-refractivity contribution in [2.45, 2.75) is 26.7 Å². The summed E-state index contributed by atoms with van der Waals surface area (Å²) < 4.78 is 4.75. The first-order valence-electron chi connectivity index (χ1n) is 14.3. The minimum Gasteiger partial charge on any atom is -0.347 e. The quantitative estimate of drug-likeness (QED) is 0.203. The number of aromatic nitrogens is 2. The van der Waals surface area contributed by atoms with Gasteiger partial charge in [-0.05, 0) is 101 Å². The Balaban J connectivity index is 1.31. The number of fused-ring (bicyclic) bond motifs is 9. The topological polar surface area (TPSA) is 9.86 Å². The van der Waals surface area contributed by atoms with Crippen LogP contribution in [0.4, 0.5) is 0 Å². The van der Waals surface area contributed by atoms with E-state index in [1.54, 1.807) is 0 Å². The molecule has 7 aromatic rings. The van der Waals surface area contributed by atoms with Crippen LogP contribution in [-0.2, 0) is 26.9 Å². The SMILES string of the molecule is Cc1cccc(-c2cc3c(n2C)CCc2c-3ccc3c2ccc2c3ccc3c2cc(-c2cccc(C)c2)n3C)c1. The molecule has 2 heterocycles. The fourth-order valence-electron chi connectivity index (χ4n) is 7.21. The second kappa shape index (κ2) is 8.47. The predicted octanol–water partition coefficient (Wildman–Crippen LogP) is 9.54. The average molecular weight is 517 g/mol. The molecule has 0 radical (unpaired) electrons. The lowest BCUT2D eigenvalue weighted by Gasteiger charge is -2.21. The van der Waals surface area contributed by atoms with Gasteiger partial charge in [0.25, 0.3) is 0 Å². The Bertz CT molecular complexity index is 2150. The normalized spacial score (nSPS) is 12.8. The number of nitrogens with zero attached hydrogens (tertiary/aromatic N) is 2. The molecule has 5 aromatic carbocycles. The van der Waals surface area contributed by atoms with Gasteiger partial charge < -0.3 is 9.13 Å². The highest BCUT2D eigenvalue weighted by Crippen LogP contribution is 2.43. The van der Waals surface area contributed by atoms with Crippen molar-refractivity contribution in [3.05, 3.63) is 119 Å². The van der Waals surface area contributed by atoms with Gasteiger partial charge in [-0.2, -0.15) is 0 Å². The monoisotopic (exact) mass is 516 g/mol. The van der Waals surface area contributed by atoms with E-state index in [9.17, 15) is 0 Å².